The molecule has 4 nitrogen and oxygen atoms in total. The van der Waals surface area contributed by atoms with E-state index in [0.29, 0.717) is 6.61 Å². The van der Waals surface area contributed by atoms with Crippen LogP contribution in [0.1, 0.15) is 24.9 Å². The first kappa shape index (κ1) is 13.4. The molecule has 1 rings (SSSR count). The van der Waals surface area contributed by atoms with E-state index in [-0.39, 0.29) is 17.5 Å². The molecule has 0 aliphatic heterocycles. The van der Waals surface area contributed by atoms with Crippen LogP contribution < -0.4 is 5.32 Å². The molecule has 0 aliphatic rings. The SMILES string of the molecule is C=COCCCNC(C)c1ccc(O)cc1O. The van der Waals surface area contributed by atoms with Crippen molar-refractivity contribution in [2.75, 3.05) is 13.2 Å². The minimum atomic E-state index is 0.0272. The second-order valence-electron chi connectivity index (χ2n) is 3.81. The van der Waals surface area contributed by atoms with Crippen LogP contribution in [0.25, 0.3) is 0 Å². The summed E-state index contributed by atoms with van der Waals surface area (Å²) in [6, 6.07) is 4.64. The Morgan fingerprint density at radius 1 is 1.47 bits per heavy atom. The molecule has 0 spiro atoms. The molecular formula is C13H19NO3. The lowest BCUT2D eigenvalue weighted by atomic mass is 10.1. The molecule has 0 bridgehead atoms. The fraction of sp³-hybridized carbons (Fsp3) is 0.385. The van der Waals surface area contributed by atoms with E-state index >= 15 is 0 Å². The van der Waals surface area contributed by atoms with Crippen molar-refractivity contribution >= 4 is 0 Å². The summed E-state index contributed by atoms with van der Waals surface area (Å²) in [5, 5.41) is 22.1. The van der Waals surface area contributed by atoms with Gasteiger partial charge in [-0.05, 0) is 26.0 Å². The summed E-state index contributed by atoms with van der Waals surface area (Å²) in [6.45, 7) is 6.84. The van der Waals surface area contributed by atoms with Crippen LogP contribution in [0, 0.1) is 0 Å². The van der Waals surface area contributed by atoms with Crippen LogP contribution >= 0.6 is 0 Å². The maximum absolute atomic E-state index is 9.66. The molecule has 0 aromatic heterocycles. The number of nitrogens with one attached hydrogen (secondary N) is 1. The number of benzene rings is 1. The summed E-state index contributed by atoms with van der Waals surface area (Å²) in [5.41, 5.74) is 0.771. The third-order valence-corrected chi connectivity index (χ3v) is 2.49. The highest BCUT2D eigenvalue weighted by molar-refractivity contribution is 5.40. The molecule has 0 saturated carbocycles. The van der Waals surface area contributed by atoms with E-state index in [0.717, 1.165) is 18.5 Å². The van der Waals surface area contributed by atoms with Crippen molar-refractivity contribution in [1.82, 2.24) is 5.32 Å². The minimum Gasteiger partial charge on any atom is -0.508 e. The molecule has 4 heteroatoms. The first-order chi connectivity index (χ1) is 8.15. The van der Waals surface area contributed by atoms with E-state index in [1.165, 1.54) is 12.3 Å². The van der Waals surface area contributed by atoms with Crippen LogP contribution in [0.2, 0.25) is 0 Å². The van der Waals surface area contributed by atoms with Gasteiger partial charge < -0.3 is 20.3 Å². The molecule has 94 valence electrons. The number of phenols is 2. The Bertz CT molecular complexity index is 366. The Balaban J connectivity index is 2.41. The van der Waals surface area contributed by atoms with Gasteiger partial charge in [-0.2, -0.15) is 0 Å². The second kappa shape index (κ2) is 6.81. The lowest BCUT2D eigenvalue weighted by molar-refractivity contribution is 0.243. The van der Waals surface area contributed by atoms with E-state index in [1.54, 1.807) is 12.1 Å². The Morgan fingerprint density at radius 3 is 2.88 bits per heavy atom. The highest BCUT2D eigenvalue weighted by atomic mass is 16.5. The van der Waals surface area contributed by atoms with Gasteiger partial charge in [-0.25, -0.2) is 0 Å². The molecule has 0 aliphatic carbocycles. The van der Waals surface area contributed by atoms with Gasteiger partial charge in [0.05, 0.1) is 12.9 Å². The molecule has 0 heterocycles. The van der Waals surface area contributed by atoms with Crippen molar-refractivity contribution in [1.29, 1.82) is 0 Å². The van der Waals surface area contributed by atoms with Gasteiger partial charge in [0.1, 0.15) is 11.5 Å². The summed E-state index contributed by atoms with van der Waals surface area (Å²) in [4.78, 5) is 0. The standard InChI is InChI=1S/C13H19NO3/c1-3-17-8-4-7-14-10(2)12-6-5-11(15)9-13(12)16/h3,5-6,9-10,14-16H,1,4,7-8H2,2H3. The van der Waals surface area contributed by atoms with Crippen molar-refractivity contribution in [2.24, 2.45) is 0 Å². The zero-order valence-electron chi connectivity index (χ0n) is 10.0. The van der Waals surface area contributed by atoms with Crippen molar-refractivity contribution in [3.05, 3.63) is 36.6 Å². The van der Waals surface area contributed by atoms with Crippen LogP contribution in [0.3, 0.4) is 0 Å². The number of hydrogen-bond acceptors (Lipinski definition) is 4. The number of ether oxygens (including phenoxy) is 1. The highest BCUT2D eigenvalue weighted by Gasteiger charge is 2.09. The molecule has 1 aromatic rings. The minimum absolute atomic E-state index is 0.0272. The largest absolute Gasteiger partial charge is 0.508 e. The lowest BCUT2D eigenvalue weighted by Crippen LogP contribution is -2.20. The molecular weight excluding hydrogens is 218 g/mol. The van der Waals surface area contributed by atoms with Gasteiger partial charge >= 0.3 is 0 Å². The van der Waals surface area contributed by atoms with Gasteiger partial charge in [-0.15, -0.1) is 0 Å². The van der Waals surface area contributed by atoms with Crippen molar-refractivity contribution in [3.8, 4) is 11.5 Å². The average Bonchev–Trinajstić information content (AvgIpc) is 2.28. The molecule has 1 unspecified atom stereocenters. The monoisotopic (exact) mass is 237 g/mol. The molecule has 0 radical (unpaired) electrons. The summed E-state index contributed by atoms with van der Waals surface area (Å²) in [6.07, 6.45) is 2.30. The number of rotatable bonds is 7. The first-order valence-corrected chi connectivity index (χ1v) is 5.63. The van der Waals surface area contributed by atoms with Gasteiger partial charge in [-0.3, -0.25) is 0 Å². The summed E-state index contributed by atoms with van der Waals surface area (Å²) >= 11 is 0. The fourth-order valence-corrected chi connectivity index (χ4v) is 1.57. The summed E-state index contributed by atoms with van der Waals surface area (Å²) in [5.74, 6) is 0.171. The number of phenolic OH excluding ortho intramolecular Hbond substituents is 2. The van der Waals surface area contributed by atoms with E-state index in [9.17, 15) is 10.2 Å². The number of aromatic hydroxyl groups is 2. The van der Waals surface area contributed by atoms with Crippen molar-refractivity contribution < 1.29 is 14.9 Å². The Hall–Kier alpha value is -1.68. The quantitative estimate of drug-likeness (QED) is 0.503. The molecule has 17 heavy (non-hydrogen) atoms. The van der Waals surface area contributed by atoms with Gasteiger partial charge in [0.2, 0.25) is 0 Å². The van der Waals surface area contributed by atoms with Crippen LogP contribution in [0.15, 0.2) is 31.0 Å². The van der Waals surface area contributed by atoms with Gasteiger partial charge in [0.15, 0.2) is 0 Å². The first-order valence-electron chi connectivity index (χ1n) is 5.63. The van der Waals surface area contributed by atoms with Crippen LogP contribution in [-0.2, 0) is 4.74 Å². The number of hydrogen-bond donors (Lipinski definition) is 3. The maximum atomic E-state index is 9.66. The average molecular weight is 237 g/mol. The molecule has 3 N–H and O–H groups in total. The zero-order valence-corrected chi connectivity index (χ0v) is 10.0. The third-order valence-electron chi connectivity index (χ3n) is 2.49. The molecule has 0 amide bonds. The van der Waals surface area contributed by atoms with E-state index in [1.807, 2.05) is 6.92 Å². The zero-order chi connectivity index (χ0) is 12.7. The van der Waals surface area contributed by atoms with Crippen LogP contribution in [0.5, 0.6) is 11.5 Å². The fourth-order valence-electron chi connectivity index (χ4n) is 1.57. The summed E-state index contributed by atoms with van der Waals surface area (Å²) in [7, 11) is 0. The Morgan fingerprint density at radius 2 is 2.24 bits per heavy atom. The molecule has 1 aromatic carbocycles. The van der Waals surface area contributed by atoms with E-state index in [4.69, 9.17) is 4.74 Å². The second-order valence-corrected chi connectivity index (χ2v) is 3.81. The topological polar surface area (TPSA) is 61.7 Å². The Kier molecular flexibility index (Phi) is 5.36. The van der Waals surface area contributed by atoms with E-state index in [2.05, 4.69) is 11.9 Å². The Labute approximate surface area is 102 Å². The van der Waals surface area contributed by atoms with Crippen LogP contribution in [-0.4, -0.2) is 23.4 Å². The smallest absolute Gasteiger partial charge is 0.124 e. The summed E-state index contributed by atoms with van der Waals surface area (Å²) < 4.78 is 5.00. The molecule has 0 saturated heterocycles. The van der Waals surface area contributed by atoms with Crippen LogP contribution in [0.4, 0.5) is 0 Å². The molecule has 0 fully saturated rings. The normalized spacial score (nSPS) is 12.1. The molecule has 1 atom stereocenters. The lowest BCUT2D eigenvalue weighted by Gasteiger charge is -2.15. The maximum Gasteiger partial charge on any atom is 0.124 e. The highest BCUT2D eigenvalue weighted by Crippen LogP contribution is 2.27. The predicted octanol–water partition coefficient (Wildman–Crippen LogP) is 2.30. The predicted molar refractivity (Wildman–Crippen MR) is 67.0 cm³/mol. The van der Waals surface area contributed by atoms with Gasteiger partial charge in [0, 0.05) is 17.7 Å². The van der Waals surface area contributed by atoms with E-state index < -0.39 is 0 Å². The van der Waals surface area contributed by atoms with Gasteiger partial charge in [-0.1, -0.05) is 12.6 Å². The van der Waals surface area contributed by atoms with Crippen molar-refractivity contribution in [2.45, 2.75) is 19.4 Å². The van der Waals surface area contributed by atoms with Gasteiger partial charge in [0.25, 0.3) is 0 Å². The third kappa shape index (κ3) is 4.36. The van der Waals surface area contributed by atoms with Crippen molar-refractivity contribution in [3.63, 3.8) is 0 Å².